The average molecular weight is 526 g/mol. The molecule has 0 saturated heterocycles. The lowest BCUT2D eigenvalue weighted by molar-refractivity contribution is 0.0505. The number of anilines is 1. The van der Waals surface area contributed by atoms with Gasteiger partial charge in [-0.2, -0.15) is 5.26 Å². The zero-order valence-corrected chi connectivity index (χ0v) is 21.3. The van der Waals surface area contributed by atoms with Crippen LogP contribution in [0, 0.1) is 23.0 Å². The van der Waals surface area contributed by atoms with Crippen molar-refractivity contribution in [1.29, 1.82) is 5.26 Å². The van der Waals surface area contributed by atoms with Crippen LogP contribution in [0.4, 0.5) is 23.9 Å². The van der Waals surface area contributed by atoms with Gasteiger partial charge >= 0.3 is 6.09 Å². The smallest absolute Gasteiger partial charge is 0.417 e. The van der Waals surface area contributed by atoms with Crippen LogP contribution in [0.1, 0.15) is 44.9 Å². The molecule has 0 aliphatic heterocycles. The maximum absolute atomic E-state index is 14.7. The van der Waals surface area contributed by atoms with Gasteiger partial charge in [0.2, 0.25) is 5.95 Å². The molecule has 1 aliphatic carbocycles. The van der Waals surface area contributed by atoms with Crippen LogP contribution in [0.25, 0.3) is 11.1 Å². The first-order chi connectivity index (χ1) is 18.0. The van der Waals surface area contributed by atoms with Crippen molar-refractivity contribution in [1.82, 2.24) is 15.0 Å². The van der Waals surface area contributed by atoms with Crippen molar-refractivity contribution >= 4 is 12.0 Å². The van der Waals surface area contributed by atoms with E-state index in [0.717, 1.165) is 11.0 Å². The largest absolute Gasteiger partial charge is 0.495 e. The van der Waals surface area contributed by atoms with Crippen LogP contribution in [0.3, 0.4) is 0 Å². The second kappa shape index (κ2) is 10.3. The second-order valence-corrected chi connectivity index (χ2v) is 10.1. The van der Waals surface area contributed by atoms with E-state index in [2.05, 4.69) is 15.0 Å². The maximum Gasteiger partial charge on any atom is 0.417 e. The summed E-state index contributed by atoms with van der Waals surface area (Å²) in [6.45, 7) is 4.84. The third-order valence-electron chi connectivity index (χ3n) is 6.16. The van der Waals surface area contributed by atoms with Gasteiger partial charge in [0.25, 0.3) is 0 Å². The molecular formula is C27H26F3N5O3. The number of carbonyl (C=O) groups excluding carboxylic acids is 1. The molecule has 0 atom stereocenters. The summed E-state index contributed by atoms with van der Waals surface area (Å²) in [5, 5.41) is 9.35. The number of hydrogen-bond acceptors (Lipinski definition) is 7. The molecule has 198 valence electrons. The summed E-state index contributed by atoms with van der Waals surface area (Å²) in [5.41, 5.74) is -1.67. The number of benzene rings is 1. The van der Waals surface area contributed by atoms with Gasteiger partial charge in [-0.1, -0.05) is 0 Å². The van der Waals surface area contributed by atoms with Gasteiger partial charge in [0.15, 0.2) is 0 Å². The number of methoxy groups -OCH3 is 1. The molecule has 0 unspecified atom stereocenters. The Morgan fingerprint density at radius 3 is 2.39 bits per heavy atom. The van der Waals surface area contributed by atoms with Gasteiger partial charge in [0, 0.05) is 36.1 Å². The summed E-state index contributed by atoms with van der Waals surface area (Å²) >= 11 is 0. The Labute approximate surface area is 218 Å². The zero-order valence-electron chi connectivity index (χ0n) is 21.3. The molecule has 4 rings (SSSR count). The lowest BCUT2D eigenvalue weighted by atomic mass is 9.64. The number of rotatable bonds is 6. The number of hydrogen-bond donors (Lipinski definition) is 0. The first-order valence-corrected chi connectivity index (χ1v) is 11.8. The Hall–Kier alpha value is -4.20. The third-order valence-corrected chi connectivity index (χ3v) is 6.16. The van der Waals surface area contributed by atoms with Crippen molar-refractivity contribution in [2.45, 2.75) is 50.8 Å². The van der Waals surface area contributed by atoms with Gasteiger partial charge in [-0.15, -0.1) is 0 Å². The molecule has 1 saturated carbocycles. The molecule has 8 nitrogen and oxygen atoms in total. The second-order valence-electron chi connectivity index (χ2n) is 10.1. The van der Waals surface area contributed by atoms with E-state index in [-0.39, 0.29) is 53.5 Å². The van der Waals surface area contributed by atoms with E-state index in [1.54, 1.807) is 20.8 Å². The van der Waals surface area contributed by atoms with Crippen LogP contribution in [-0.2, 0) is 10.2 Å². The highest BCUT2D eigenvalue weighted by Crippen LogP contribution is 2.46. The maximum atomic E-state index is 14.7. The summed E-state index contributed by atoms with van der Waals surface area (Å²) in [5.74, 6) is -1.37. The summed E-state index contributed by atoms with van der Waals surface area (Å²) in [7, 11) is 1.31. The van der Waals surface area contributed by atoms with E-state index in [1.807, 2.05) is 6.07 Å². The van der Waals surface area contributed by atoms with E-state index < -0.39 is 34.9 Å². The minimum Gasteiger partial charge on any atom is -0.495 e. The number of carbonyl (C=O) groups is 1. The van der Waals surface area contributed by atoms with E-state index in [9.17, 15) is 23.2 Å². The molecule has 1 fully saturated rings. The molecule has 0 radical (unpaired) electrons. The highest BCUT2D eigenvalue weighted by atomic mass is 19.1. The van der Waals surface area contributed by atoms with E-state index >= 15 is 0 Å². The van der Waals surface area contributed by atoms with Crippen molar-refractivity contribution in [3.63, 3.8) is 0 Å². The van der Waals surface area contributed by atoms with Crippen LogP contribution in [-0.4, -0.2) is 46.5 Å². The zero-order chi connectivity index (χ0) is 27.7. The highest BCUT2D eigenvalue weighted by molar-refractivity contribution is 5.86. The Balaban J connectivity index is 1.75. The standard InChI is InChI=1S/C27H26F3N5O3/c1-26(2,3)38-25(36)35(15-27(10-18(28)11-27)23-20(30)6-5-9-32-23)24-33-13-17(14-34-24)21-19(29)8-7-16(12-31)22(21)37-4/h5-9,13-14,18H,10-11,15H2,1-4H3. The van der Waals surface area contributed by atoms with Crippen LogP contribution in [0.5, 0.6) is 5.75 Å². The molecule has 1 aliphatic rings. The summed E-state index contributed by atoms with van der Waals surface area (Å²) in [4.78, 5) is 27.0. The number of ether oxygens (including phenoxy) is 2. The van der Waals surface area contributed by atoms with Gasteiger partial charge in [-0.05, 0) is 57.9 Å². The highest BCUT2D eigenvalue weighted by Gasteiger charge is 2.51. The minimum atomic E-state index is -1.19. The van der Waals surface area contributed by atoms with Crippen molar-refractivity contribution in [3.05, 3.63) is 65.7 Å². The van der Waals surface area contributed by atoms with Gasteiger partial charge in [0.05, 0.1) is 23.9 Å². The van der Waals surface area contributed by atoms with Gasteiger partial charge in [-0.25, -0.2) is 32.8 Å². The molecule has 3 aromatic rings. The number of alkyl halides is 1. The number of nitrogens with zero attached hydrogens (tertiary/aromatic N) is 5. The first-order valence-electron chi connectivity index (χ1n) is 11.8. The lowest BCUT2D eigenvalue weighted by Crippen LogP contribution is -2.54. The molecular weight excluding hydrogens is 499 g/mol. The van der Waals surface area contributed by atoms with E-state index in [1.165, 1.54) is 43.9 Å². The number of aromatic nitrogens is 3. The van der Waals surface area contributed by atoms with Gasteiger partial charge in [0.1, 0.15) is 35.2 Å². The SMILES string of the molecule is COc1c(C#N)ccc(F)c1-c1cnc(N(CC2(c3ncccc3F)CC(F)C2)C(=O)OC(C)(C)C)nc1. The summed E-state index contributed by atoms with van der Waals surface area (Å²) in [6.07, 6.45) is 1.83. The Kier molecular flexibility index (Phi) is 7.26. The fraction of sp³-hybridized carbons (Fsp3) is 0.370. The molecule has 1 aromatic carbocycles. The minimum absolute atomic E-state index is 0.0147. The molecule has 1 amide bonds. The molecule has 0 bridgehead atoms. The summed E-state index contributed by atoms with van der Waals surface area (Å²) in [6, 6.07) is 7.03. The summed E-state index contributed by atoms with van der Waals surface area (Å²) < 4.78 is 54.5. The van der Waals surface area contributed by atoms with Crippen molar-refractivity contribution in [3.8, 4) is 22.9 Å². The molecule has 2 aromatic heterocycles. The van der Waals surface area contributed by atoms with Crippen molar-refractivity contribution < 1.29 is 27.4 Å². The van der Waals surface area contributed by atoms with Crippen LogP contribution in [0.15, 0.2) is 42.9 Å². The predicted molar refractivity (Wildman–Crippen MR) is 132 cm³/mol. The number of nitriles is 1. The van der Waals surface area contributed by atoms with Crippen molar-refractivity contribution in [2.24, 2.45) is 0 Å². The Bertz CT molecular complexity index is 1380. The van der Waals surface area contributed by atoms with E-state index in [0.29, 0.717) is 0 Å². The molecule has 0 N–H and O–H groups in total. The Morgan fingerprint density at radius 1 is 1.16 bits per heavy atom. The Morgan fingerprint density at radius 2 is 1.84 bits per heavy atom. The first kappa shape index (κ1) is 26.9. The van der Waals surface area contributed by atoms with Crippen LogP contribution >= 0.6 is 0 Å². The molecule has 2 heterocycles. The van der Waals surface area contributed by atoms with Crippen LogP contribution < -0.4 is 9.64 Å². The quantitative estimate of drug-likeness (QED) is 0.418. The monoisotopic (exact) mass is 525 g/mol. The molecule has 38 heavy (non-hydrogen) atoms. The number of halogens is 3. The van der Waals surface area contributed by atoms with Gasteiger partial charge < -0.3 is 9.47 Å². The topological polar surface area (TPSA) is 101 Å². The predicted octanol–water partition coefficient (Wildman–Crippen LogP) is 5.51. The third kappa shape index (κ3) is 5.25. The van der Waals surface area contributed by atoms with Gasteiger partial charge in [-0.3, -0.25) is 4.98 Å². The molecule has 0 spiro atoms. The number of pyridine rings is 1. The molecule has 11 heteroatoms. The van der Waals surface area contributed by atoms with Crippen molar-refractivity contribution in [2.75, 3.05) is 18.6 Å². The normalized spacial score (nSPS) is 18.7. The average Bonchev–Trinajstić information content (AvgIpc) is 2.85. The fourth-order valence-electron chi connectivity index (χ4n) is 4.52. The van der Waals surface area contributed by atoms with E-state index in [4.69, 9.17) is 9.47 Å². The fourth-order valence-corrected chi connectivity index (χ4v) is 4.52. The number of amides is 1. The van der Waals surface area contributed by atoms with Crippen LogP contribution in [0.2, 0.25) is 0 Å². The lowest BCUT2D eigenvalue weighted by Gasteiger charge is -2.45.